The van der Waals surface area contributed by atoms with Crippen LogP contribution in [-0.4, -0.2) is 36.1 Å². The lowest BCUT2D eigenvalue weighted by molar-refractivity contribution is -0.136. The summed E-state index contributed by atoms with van der Waals surface area (Å²) in [5, 5.41) is 8.48. The zero-order chi connectivity index (χ0) is 8.27. The van der Waals surface area contributed by atoms with Gasteiger partial charge in [-0.2, -0.15) is 0 Å². The molecule has 62 valence electrons. The molecule has 1 N–H and O–H groups in total. The van der Waals surface area contributed by atoms with Crippen molar-refractivity contribution in [1.29, 1.82) is 0 Å². The molecule has 0 spiro atoms. The highest BCUT2D eigenvalue weighted by atomic mass is 16.4. The van der Waals surface area contributed by atoms with Gasteiger partial charge in [-0.25, -0.2) is 0 Å². The lowest BCUT2D eigenvalue weighted by atomic mass is 10.1. The summed E-state index contributed by atoms with van der Waals surface area (Å²) >= 11 is 0. The summed E-state index contributed by atoms with van der Waals surface area (Å²) in [6.45, 7) is 1.88. The summed E-state index contributed by atoms with van der Waals surface area (Å²) in [5.74, 6) is -0.721. The zero-order valence-electron chi connectivity index (χ0n) is 6.71. The SMILES string of the molecule is CN1CC=C(CC(=O)O)CC1. The van der Waals surface area contributed by atoms with E-state index >= 15 is 0 Å². The van der Waals surface area contributed by atoms with Gasteiger partial charge in [-0.1, -0.05) is 11.6 Å². The van der Waals surface area contributed by atoms with E-state index in [-0.39, 0.29) is 6.42 Å². The maximum Gasteiger partial charge on any atom is 0.307 e. The molecule has 0 saturated carbocycles. The first-order valence-corrected chi connectivity index (χ1v) is 3.76. The minimum atomic E-state index is -0.721. The monoisotopic (exact) mass is 155 g/mol. The van der Waals surface area contributed by atoms with Gasteiger partial charge in [0, 0.05) is 13.1 Å². The van der Waals surface area contributed by atoms with Gasteiger partial charge in [0.25, 0.3) is 0 Å². The van der Waals surface area contributed by atoms with E-state index in [0.717, 1.165) is 25.1 Å². The lowest BCUT2D eigenvalue weighted by Crippen LogP contribution is -2.24. The van der Waals surface area contributed by atoms with Crippen molar-refractivity contribution in [1.82, 2.24) is 4.90 Å². The smallest absolute Gasteiger partial charge is 0.307 e. The fraction of sp³-hybridized carbons (Fsp3) is 0.625. The molecule has 0 aromatic carbocycles. The van der Waals surface area contributed by atoms with Crippen LogP contribution in [0.1, 0.15) is 12.8 Å². The number of carboxylic acids is 1. The molecular weight excluding hydrogens is 142 g/mol. The largest absolute Gasteiger partial charge is 0.481 e. The molecule has 1 heterocycles. The Labute approximate surface area is 66.3 Å². The van der Waals surface area contributed by atoms with E-state index in [1.807, 2.05) is 13.1 Å². The van der Waals surface area contributed by atoms with Crippen LogP contribution in [0.4, 0.5) is 0 Å². The molecule has 1 aliphatic rings. The quantitative estimate of drug-likeness (QED) is 0.597. The zero-order valence-corrected chi connectivity index (χ0v) is 6.71. The first-order valence-electron chi connectivity index (χ1n) is 3.76. The third-order valence-electron chi connectivity index (χ3n) is 1.88. The molecule has 0 amide bonds. The molecule has 0 saturated heterocycles. The van der Waals surface area contributed by atoms with Crippen LogP contribution in [0.5, 0.6) is 0 Å². The first-order chi connectivity index (χ1) is 5.18. The lowest BCUT2D eigenvalue weighted by Gasteiger charge is -2.20. The van der Waals surface area contributed by atoms with Crippen molar-refractivity contribution in [2.75, 3.05) is 20.1 Å². The van der Waals surface area contributed by atoms with Crippen LogP contribution in [-0.2, 0) is 4.79 Å². The molecule has 3 nitrogen and oxygen atoms in total. The maximum absolute atomic E-state index is 10.3. The summed E-state index contributed by atoms with van der Waals surface area (Å²) in [6, 6.07) is 0. The van der Waals surface area contributed by atoms with E-state index in [4.69, 9.17) is 5.11 Å². The number of hydrogen-bond acceptors (Lipinski definition) is 2. The molecule has 1 rings (SSSR count). The highest BCUT2D eigenvalue weighted by molar-refractivity contribution is 5.70. The normalized spacial score (nSPS) is 19.5. The standard InChI is InChI=1S/C8H13NO2/c1-9-4-2-7(3-5-9)6-8(10)11/h2H,3-6H2,1H3,(H,10,11). The molecule has 3 heteroatoms. The molecule has 0 unspecified atom stereocenters. The van der Waals surface area contributed by atoms with Crippen molar-refractivity contribution in [2.24, 2.45) is 0 Å². The Morgan fingerprint density at radius 3 is 3.00 bits per heavy atom. The molecule has 0 radical (unpaired) electrons. The fourth-order valence-corrected chi connectivity index (χ4v) is 1.17. The second-order valence-corrected chi connectivity index (χ2v) is 2.95. The van der Waals surface area contributed by atoms with Crippen molar-refractivity contribution in [3.63, 3.8) is 0 Å². The topological polar surface area (TPSA) is 40.5 Å². The molecule has 0 bridgehead atoms. The van der Waals surface area contributed by atoms with Gasteiger partial charge < -0.3 is 10.0 Å². The van der Waals surface area contributed by atoms with E-state index in [1.165, 1.54) is 0 Å². The van der Waals surface area contributed by atoms with Gasteiger partial charge in [-0.05, 0) is 13.5 Å². The number of likely N-dealkylation sites (N-methyl/N-ethyl adjacent to an activating group) is 1. The molecule has 0 aromatic rings. The fourth-order valence-electron chi connectivity index (χ4n) is 1.17. The predicted molar refractivity (Wildman–Crippen MR) is 42.4 cm³/mol. The van der Waals surface area contributed by atoms with Gasteiger partial charge in [0.1, 0.15) is 0 Å². The van der Waals surface area contributed by atoms with E-state index in [0.29, 0.717) is 0 Å². The molecule has 0 aromatic heterocycles. The van der Waals surface area contributed by atoms with Crippen LogP contribution < -0.4 is 0 Å². The van der Waals surface area contributed by atoms with Crippen molar-refractivity contribution >= 4 is 5.97 Å². The summed E-state index contributed by atoms with van der Waals surface area (Å²) < 4.78 is 0. The Morgan fingerprint density at radius 2 is 2.55 bits per heavy atom. The summed E-state index contributed by atoms with van der Waals surface area (Å²) in [6.07, 6.45) is 3.13. The Hall–Kier alpha value is -0.830. The van der Waals surface area contributed by atoms with Gasteiger partial charge in [0.2, 0.25) is 0 Å². The number of carbonyl (C=O) groups is 1. The summed E-state index contributed by atoms with van der Waals surface area (Å²) in [7, 11) is 2.04. The Kier molecular flexibility index (Phi) is 2.65. The third kappa shape index (κ3) is 2.72. The molecular formula is C8H13NO2. The van der Waals surface area contributed by atoms with Gasteiger partial charge in [0.15, 0.2) is 0 Å². The number of hydrogen-bond donors (Lipinski definition) is 1. The Balaban J connectivity index is 2.41. The average molecular weight is 155 g/mol. The average Bonchev–Trinajstić information content (AvgIpc) is 1.93. The van der Waals surface area contributed by atoms with Crippen LogP contribution in [0.2, 0.25) is 0 Å². The van der Waals surface area contributed by atoms with Crippen LogP contribution >= 0.6 is 0 Å². The molecule has 1 aliphatic heterocycles. The van der Waals surface area contributed by atoms with Gasteiger partial charge in [-0.15, -0.1) is 0 Å². The van der Waals surface area contributed by atoms with Crippen molar-refractivity contribution < 1.29 is 9.90 Å². The van der Waals surface area contributed by atoms with Gasteiger partial charge >= 0.3 is 5.97 Å². The summed E-state index contributed by atoms with van der Waals surface area (Å²) in [4.78, 5) is 12.5. The van der Waals surface area contributed by atoms with Gasteiger partial charge in [-0.3, -0.25) is 4.79 Å². The van der Waals surface area contributed by atoms with Crippen molar-refractivity contribution in [2.45, 2.75) is 12.8 Å². The van der Waals surface area contributed by atoms with Crippen LogP contribution in [0, 0.1) is 0 Å². The third-order valence-corrected chi connectivity index (χ3v) is 1.88. The van der Waals surface area contributed by atoms with Crippen LogP contribution in [0.3, 0.4) is 0 Å². The van der Waals surface area contributed by atoms with E-state index in [2.05, 4.69) is 4.90 Å². The molecule has 0 atom stereocenters. The number of nitrogens with zero attached hydrogens (tertiary/aromatic N) is 1. The van der Waals surface area contributed by atoms with Gasteiger partial charge in [0.05, 0.1) is 6.42 Å². The second-order valence-electron chi connectivity index (χ2n) is 2.95. The number of rotatable bonds is 2. The van der Waals surface area contributed by atoms with E-state index < -0.39 is 5.97 Å². The minimum absolute atomic E-state index is 0.216. The van der Waals surface area contributed by atoms with Crippen LogP contribution in [0.25, 0.3) is 0 Å². The minimum Gasteiger partial charge on any atom is -0.481 e. The number of aliphatic carboxylic acids is 1. The molecule has 11 heavy (non-hydrogen) atoms. The second kappa shape index (κ2) is 3.53. The Morgan fingerprint density at radius 1 is 1.82 bits per heavy atom. The molecule has 0 fully saturated rings. The van der Waals surface area contributed by atoms with Crippen molar-refractivity contribution in [3.05, 3.63) is 11.6 Å². The maximum atomic E-state index is 10.3. The predicted octanol–water partition coefficient (Wildman–Crippen LogP) is 0.723. The van der Waals surface area contributed by atoms with Crippen molar-refractivity contribution in [3.8, 4) is 0 Å². The van der Waals surface area contributed by atoms with E-state index in [9.17, 15) is 4.79 Å². The molecule has 0 aliphatic carbocycles. The first kappa shape index (κ1) is 8.27. The summed E-state index contributed by atoms with van der Waals surface area (Å²) in [5.41, 5.74) is 1.07. The van der Waals surface area contributed by atoms with Crippen LogP contribution in [0.15, 0.2) is 11.6 Å². The highest BCUT2D eigenvalue weighted by Gasteiger charge is 2.09. The highest BCUT2D eigenvalue weighted by Crippen LogP contribution is 2.12. The Bertz CT molecular complexity index is 187. The van der Waals surface area contributed by atoms with E-state index in [1.54, 1.807) is 0 Å². The number of carboxylic acid groups (broad SMARTS) is 1.